The minimum Gasteiger partial charge on any atom is -0.399 e. The van der Waals surface area contributed by atoms with E-state index in [0.29, 0.717) is 17.4 Å². The summed E-state index contributed by atoms with van der Waals surface area (Å²) in [6.07, 6.45) is 0. The van der Waals surface area contributed by atoms with Crippen LogP contribution < -0.4 is 11.1 Å². The standard InChI is InChI=1S/C14H18N4O2/c1-9-17-12(20-18-9)8-16-13(19)14(2,3)10-4-6-11(15)7-5-10/h4-7H,8,15H2,1-3H3,(H,16,19). The van der Waals surface area contributed by atoms with E-state index >= 15 is 0 Å². The molecule has 0 radical (unpaired) electrons. The molecule has 106 valence electrons. The first-order chi connectivity index (χ1) is 9.39. The lowest BCUT2D eigenvalue weighted by Crippen LogP contribution is -2.39. The van der Waals surface area contributed by atoms with Crippen molar-refractivity contribution in [2.24, 2.45) is 0 Å². The van der Waals surface area contributed by atoms with Crippen LogP contribution >= 0.6 is 0 Å². The topological polar surface area (TPSA) is 94.0 Å². The molecule has 20 heavy (non-hydrogen) atoms. The maximum absolute atomic E-state index is 12.3. The Morgan fingerprint density at radius 1 is 1.35 bits per heavy atom. The third kappa shape index (κ3) is 2.96. The van der Waals surface area contributed by atoms with Crippen LogP contribution in [-0.4, -0.2) is 16.0 Å². The Hall–Kier alpha value is -2.37. The van der Waals surface area contributed by atoms with Gasteiger partial charge in [-0.3, -0.25) is 4.79 Å². The molecule has 0 unspecified atom stereocenters. The first-order valence-electron chi connectivity index (χ1n) is 6.33. The van der Waals surface area contributed by atoms with Crippen molar-refractivity contribution in [1.82, 2.24) is 15.5 Å². The second kappa shape index (κ2) is 5.32. The molecule has 0 saturated heterocycles. The number of benzene rings is 1. The van der Waals surface area contributed by atoms with Crippen molar-refractivity contribution in [3.8, 4) is 0 Å². The van der Waals surface area contributed by atoms with Gasteiger partial charge in [-0.1, -0.05) is 17.3 Å². The van der Waals surface area contributed by atoms with Gasteiger partial charge in [0, 0.05) is 5.69 Å². The van der Waals surface area contributed by atoms with Crippen LogP contribution in [0.3, 0.4) is 0 Å². The maximum Gasteiger partial charge on any atom is 0.246 e. The number of amides is 1. The van der Waals surface area contributed by atoms with E-state index < -0.39 is 5.41 Å². The summed E-state index contributed by atoms with van der Waals surface area (Å²) in [6, 6.07) is 7.27. The van der Waals surface area contributed by atoms with Gasteiger partial charge in [0.1, 0.15) is 0 Å². The Balaban J connectivity index is 2.05. The molecule has 1 aromatic carbocycles. The molecule has 2 aromatic rings. The minimum atomic E-state index is -0.664. The van der Waals surface area contributed by atoms with Crippen molar-refractivity contribution in [3.63, 3.8) is 0 Å². The Morgan fingerprint density at radius 3 is 2.55 bits per heavy atom. The highest BCUT2D eigenvalue weighted by Crippen LogP contribution is 2.24. The molecule has 0 atom stereocenters. The van der Waals surface area contributed by atoms with Gasteiger partial charge < -0.3 is 15.6 Å². The van der Waals surface area contributed by atoms with E-state index in [4.69, 9.17) is 10.3 Å². The zero-order chi connectivity index (χ0) is 14.8. The molecule has 3 N–H and O–H groups in total. The highest BCUT2D eigenvalue weighted by Gasteiger charge is 2.29. The number of hydrogen-bond acceptors (Lipinski definition) is 5. The van der Waals surface area contributed by atoms with Gasteiger partial charge in [0.25, 0.3) is 0 Å². The second-order valence-corrected chi connectivity index (χ2v) is 5.17. The average molecular weight is 274 g/mol. The minimum absolute atomic E-state index is 0.113. The van der Waals surface area contributed by atoms with Crippen molar-refractivity contribution in [3.05, 3.63) is 41.5 Å². The normalized spacial score (nSPS) is 11.3. The fraction of sp³-hybridized carbons (Fsp3) is 0.357. The summed E-state index contributed by atoms with van der Waals surface area (Å²) in [5.74, 6) is 0.828. The van der Waals surface area contributed by atoms with Crippen molar-refractivity contribution >= 4 is 11.6 Å². The molecular formula is C14H18N4O2. The molecule has 0 saturated carbocycles. The van der Waals surface area contributed by atoms with Gasteiger partial charge >= 0.3 is 0 Å². The van der Waals surface area contributed by atoms with Crippen molar-refractivity contribution < 1.29 is 9.32 Å². The molecule has 6 heteroatoms. The van der Waals surface area contributed by atoms with Crippen molar-refractivity contribution in [1.29, 1.82) is 0 Å². The van der Waals surface area contributed by atoms with E-state index in [1.54, 1.807) is 19.1 Å². The third-order valence-corrected chi connectivity index (χ3v) is 3.17. The molecule has 1 aromatic heterocycles. The van der Waals surface area contributed by atoms with Crippen LogP contribution in [0.4, 0.5) is 5.69 Å². The molecule has 1 amide bonds. The number of rotatable bonds is 4. The summed E-state index contributed by atoms with van der Waals surface area (Å²) in [6.45, 7) is 5.66. The van der Waals surface area contributed by atoms with Gasteiger partial charge in [0.2, 0.25) is 11.8 Å². The summed E-state index contributed by atoms with van der Waals surface area (Å²) in [5.41, 5.74) is 6.56. The number of nitrogens with one attached hydrogen (secondary N) is 1. The number of carbonyl (C=O) groups is 1. The number of aromatic nitrogens is 2. The maximum atomic E-state index is 12.3. The van der Waals surface area contributed by atoms with Gasteiger partial charge in [-0.05, 0) is 38.5 Å². The number of nitrogen functional groups attached to an aromatic ring is 1. The van der Waals surface area contributed by atoms with Gasteiger partial charge in [-0.2, -0.15) is 4.98 Å². The summed E-state index contributed by atoms with van der Waals surface area (Å²) in [7, 11) is 0. The number of nitrogens with two attached hydrogens (primary N) is 1. The second-order valence-electron chi connectivity index (χ2n) is 5.17. The van der Waals surface area contributed by atoms with Crippen LogP contribution in [0.5, 0.6) is 0 Å². The van der Waals surface area contributed by atoms with Crippen LogP contribution in [0.1, 0.15) is 31.1 Å². The van der Waals surface area contributed by atoms with Crippen molar-refractivity contribution in [2.75, 3.05) is 5.73 Å². The number of nitrogens with zero attached hydrogens (tertiary/aromatic N) is 2. The van der Waals surface area contributed by atoms with Gasteiger partial charge in [-0.25, -0.2) is 0 Å². The third-order valence-electron chi connectivity index (χ3n) is 3.17. The molecule has 1 heterocycles. The van der Waals surface area contributed by atoms with E-state index in [2.05, 4.69) is 15.5 Å². The molecule has 0 aliphatic heterocycles. The number of carbonyl (C=O) groups excluding carboxylic acids is 1. The number of anilines is 1. The Morgan fingerprint density at radius 2 is 2.00 bits per heavy atom. The SMILES string of the molecule is Cc1noc(CNC(=O)C(C)(C)c2ccc(N)cc2)n1. The Kier molecular flexibility index (Phi) is 3.74. The van der Waals surface area contributed by atoms with E-state index in [9.17, 15) is 4.79 Å². The quantitative estimate of drug-likeness (QED) is 0.825. The molecule has 0 aliphatic rings. The highest BCUT2D eigenvalue weighted by molar-refractivity contribution is 5.87. The molecular weight excluding hydrogens is 256 g/mol. The van der Waals surface area contributed by atoms with Gasteiger partial charge in [0.15, 0.2) is 5.82 Å². The Labute approximate surface area is 117 Å². The molecule has 0 bridgehead atoms. The molecule has 0 fully saturated rings. The summed E-state index contributed by atoms with van der Waals surface area (Å²) in [4.78, 5) is 16.3. The summed E-state index contributed by atoms with van der Waals surface area (Å²) >= 11 is 0. The smallest absolute Gasteiger partial charge is 0.246 e. The van der Waals surface area contributed by atoms with Crippen molar-refractivity contribution in [2.45, 2.75) is 32.7 Å². The van der Waals surface area contributed by atoms with E-state index in [0.717, 1.165) is 5.56 Å². The van der Waals surface area contributed by atoms with Crippen LogP contribution in [0, 0.1) is 6.92 Å². The first kappa shape index (κ1) is 14.0. The molecule has 0 spiro atoms. The van der Waals surface area contributed by atoms with Crippen LogP contribution in [0.2, 0.25) is 0 Å². The zero-order valence-electron chi connectivity index (χ0n) is 11.8. The largest absolute Gasteiger partial charge is 0.399 e. The van der Waals surface area contributed by atoms with E-state index in [1.807, 2.05) is 26.0 Å². The number of hydrogen-bond donors (Lipinski definition) is 2. The Bertz CT molecular complexity index is 602. The summed E-state index contributed by atoms with van der Waals surface area (Å²) in [5, 5.41) is 6.47. The lowest BCUT2D eigenvalue weighted by Gasteiger charge is -2.23. The monoisotopic (exact) mass is 274 g/mol. The highest BCUT2D eigenvalue weighted by atomic mass is 16.5. The fourth-order valence-electron chi connectivity index (χ4n) is 1.82. The van der Waals surface area contributed by atoms with Crippen LogP contribution in [-0.2, 0) is 16.8 Å². The number of aryl methyl sites for hydroxylation is 1. The first-order valence-corrected chi connectivity index (χ1v) is 6.33. The van der Waals surface area contributed by atoms with Crippen LogP contribution in [0.25, 0.3) is 0 Å². The van der Waals surface area contributed by atoms with Crippen LogP contribution in [0.15, 0.2) is 28.8 Å². The van der Waals surface area contributed by atoms with Gasteiger partial charge in [0.05, 0.1) is 12.0 Å². The van der Waals surface area contributed by atoms with Gasteiger partial charge in [-0.15, -0.1) is 0 Å². The molecule has 0 aliphatic carbocycles. The fourth-order valence-corrected chi connectivity index (χ4v) is 1.82. The van der Waals surface area contributed by atoms with E-state index in [-0.39, 0.29) is 12.5 Å². The lowest BCUT2D eigenvalue weighted by atomic mass is 9.83. The predicted octanol–water partition coefficient (Wildman–Crippen LogP) is 1.55. The molecule has 6 nitrogen and oxygen atoms in total. The molecule has 2 rings (SSSR count). The summed E-state index contributed by atoms with van der Waals surface area (Å²) < 4.78 is 4.96. The van der Waals surface area contributed by atoms with E-state index in [1.165, 1.54) is 0 Å². The zero-order valence-corrected chi connectivity index (χ0v) is 11.8. The predicted molar refractivity (Wildman–Crippen MR) is 74.8 cm³/mol. The lowest BCUT2D eigenvalue weighted by molar-refractivity contribution is -0.125. The average Bonchev–Trinajstić information content (AvgIpc) is 2.82.